The third kappa shape index (κ3) is 3.61. The number of benzene rings is 1. The van der Waals surface area contributed by atoms with Gasteiger partial charge in [-0.2, -0.15) is 5.26 Å². The molecule has 0 unspecified atom stereocenters. The molecule has 1 saturated heterocycles. The van der Waals surface area contributed by atoms with Crippen LogP contribution in [-0.2, 0) is 6.54 Å². The van der Waals surface area contributed by atoms with Crippen molar-refractivity contribution in [3.8, 4) is 6.07 Å². The van der Waals surface area contributed by atoms with Crippen LogP contribution < -0.4 is 4.90 Å². The molecule has 30 heavy (non-hydrogen) atoms. The number of rotatable bonds is 4. The van der Waals surface area contributed by atoms with Crippen molar-refractivity contribution < 1.29 is 0 Å². The number of hydrogen-bond acceptors (Lipinski definition) is 7. The first kappa shape index (κ1) is 18.9. The van der Waals surface area contributed by atoms with E-state index in [1.807, 2.05) is 16.8 Å². The van der Waals surface area contributed by atoms with Gasteiger partial charge in [0.2, 0.25) is 0 Å². The van der Waals surface area contributed by atoms with Crippen molar-refractivity contribution in [3.05, 3.63) is 41.2 Å². The Hall–Kier alpha value is -3.05. The van der Waals surface area contributed by atoms with Crippen LogP contribution in [0.4, 0.5) is 5.82 Å². The summed E-state index contributed by atoms with van der Waals surface area (Å²) >= 11 is 0. The second-order valence-corrected chi connectivity index (χ2v) is 8.41. The number of piperazine rings is 1. The van der Waals surface area contributed by atoms with E-state index in [9.17, 15) is 5.26 Å². The van der Waals surface area contributed by atoms with E-state index in [-0.39, 0.29) is 0 Å². The predicted molar refractivity (Wildman–Crippen MR) is 114 cm³/mol. The predicted octanol–water partition coefficient (Wildman–Crippen LogP) is 2.84. The Labute approximate surface area is 176 Å². The quantitative estimate of drug-likeness (QED) is 0.663. The van der Waals surface area contributed by atoms with Gasteiger partial charge in [-0.3, -0.25) is 4.90 Å². The zero-order valence-corrected chi connectivity index (χ0v) is 17.3. The highest BCUT2D eigenvalue weighted by Crippen LogP contribution is 2.29. The number of fused-ring (bicyclic) bond motifs is 1. The van der Waals surface area contributed by atoms with Gasteiger partial charge in [0.1, 0.15) is 11.9 Å². The Kier molecular flexibility index (Phi) is 5.05. The maximum atomic E-state index is 9.68. The highest BCUT2D eigenvalue weighted by molar-refractivity contribution is 5.83. The number of nitriles is 1. The molecule has 5 rings (SSSR count). The van der Waals surface area contributed by atoms with Crippen molar-refractivity contribution in [1.82, 2.24) is 30.1 Å². The molecule has 3 heterocycles. The van der Waals surface area contributed by atoms with Gasteiger partial charge >= 0.3 is 0 Å². The van der Waals surface area contributed by atoms with E-state index in [0.29, 0.717) is 11.6 Å². The molecule has 1 aliphatic carbocycles. The summed E-state index contributed by atoms with van der Waals surface area (Å²) < 4.78 is 2.04. The molecule has 1 aromatic carbocycles. The summed E-state index contributed by atoms with van der Waals surface area (Å²) in [6.45, 7) is 6.30. The van der Waals surface area contributed by atoms with Crippen molar-refractivity contribution in [2.75, 3.05) is 31.1 Å². The molecule has 2 aliphatic rings. The molecular weight excluding hydrogens is 376 g/mol. The summed E-state index contributed by atoms with van der Waals surface area (Å²) in [4.78, 5) is 9.45. The van der Waals surface area contributed by atoms with Gasteiger partial charge in [0.05, 0.1) is 23.7 Å². The molecule has 0 atom stereocenters. The lowest BCUT2D eigenvalue weighted by Gasteiger charge is -2.35. The molecule has 0 N–H and O–H groups in total. The van der Waals surface area contributed by atoms with Crippen LogP contribution in [0.3, 0.4) is 0 Å². The number of aryl methyl sites for hydroxylation is 1. The topological polar surface area (TPSA) is 86.8 Å². The summed E-state index contributed by atoms with van der Waals surface area (Å²) in [5.41, 5.74) is 2.76. The third-order valence-corrected chi connectivity index (χ3v) is 6.34. The van der Waals surface area contributed by atoms with Crippen molar-refractivity contribution in [2.45, 2.75) is 45.2 Å². The van der Waals surface area contributed by atoms with Crippen molar-refractivity contribution in [2.24, 2.45) is 0 Å². The lowest BCUT2D eigenvalue weighted by Crippen LogP contribution is -2.46. The first-order valence-electron chi connectivity index (χ1n) is 10.8. The highest BCUT2D eigenvalue weighted by Gasteiger charge is 2.25. The van der Waals surface area contributed by atoms with Gasteiger partial charge in [-0.15, -0.1) is 5.10 Å². The Bertz CT molecular complexity index is 1080. The fourth-order valence-corrected chi connectivity index (χ4v) is 4.68. The van der Waals surface area contributed by atoms with Crippen LogP contribution in [0.2, 0.25) is 0 Å². The molecular formula is C22H26N8. The van der Waals surface area contributed by atoms with Crippen molar-refractivity contribution in [3.63, 3.8) is 0 Å². The molecule has 0 spiro atoms. The summed E-state index contributed by atoms with van der Waals surface area (Å²) in [5.74, 6) is 1.76. The smallest absolute Gasteiger partial charge is 0.165 e. The van der Waals surface area contributed by atoms with Crippen LogP contribution >= 0.6 is 0 Å². The number of nitrogens with zero attached hydrogens (tertiary/aromatic N) is 8. The van der Waals surface area contributed by atoms with Crippen LogP contribution in [0.1, 0.15) is 48.7 Å². The molecule has 8 nitrogen and oxygen atoms in total. The number of tetrazole rings is 1. The van der Waals surface area contributed by atoms with Crippen LogP contribution in [-0.4, -0.2) is 56.3 Å². The van der Waals surface area contributed by atoms with E-state index in [4.69, 9.17) is 4.98 Å². The van der Waals surface area contributed by atoms with Crippen LogP contribution in [0, 0.1) is 18.3 Å². The summed E-state index contributed by atoms with van der Waals surface area (Å²) in [7, 11) is 0. The van der Waals surface area contributed by atoms with E-state index < -0.39 is 0 Å². The maximum Gasteiger partial charge on any atom is 0.165 e. The molecule has 8 heteroatoms. The highest BCUT2D eigenvalue weighted by atomic mass is 15.6. The molecule has 0 bridgehead atoms. The molecule has 0 radical (unpaired) electrons. The molecule has 1 aliphatic heterocycles. The lowest BCUT2D eigenvalue weighted by molar-refractivity contribution is 0.235. The van der Waals surface area contributed by atoms with E-state index in [1.165, 1.54) is 31.2 Å². The van der Waals surface area contributed by atoms with Crippen molar-refractivity contribution >= 4 is 16.7 Å². The third-order valence-electron chi connectivity index (χ3n) is 6.34. The minimum absolute atomic E-state index is 0.458. The number of anilines is 1. The molecule has 3 aromatic rings. The van der Waals surface area contributed by atoms with Gasteiger partial charge in [0, 0.05) is 31.6 Å². The Morgan fingerprint density at radius 2 is 1.90 bits per heavy atom. The second-order valence-electron chi connectivity index (χ2n) is 8.41. The fraction of sp³-hybridized carbons (Fsp3) is 0.500. The standard InChI is InChI=1S/C22H26N8/c1-16-6-7-20-17(12-16)13-18(14-23)22(24-20)29-10-8-28(9-11-29)15-21-25-26-27-30(21)19-4-2-3-5-19/h6-7,12-13,19H,2-5,8-11,15H2,1H3. The number of aromatic nitrogens is 5. The van der Waals surface area contributed by atoms with Gasteiger partial charge in [0.15, 0.2) is 5.82 Å². The Balaban J connectivity index is 1.29. The average molecular weight is 403 g/mol. The Morgan fingerprint density at radius 3 is 2.67 bits per heavy atom. The van der Waals surface area contributed by atoms with Crippen LogP contribution in [0.15, 0.2) is 24.3 Å². The monoisotopic (exact) mass is 402 g/mol. The second kappa shape index (κ2) is 8.00. The minimum Gasteiger partial charge on any atom is -0.353 e. The minimum atomic E-state index is 0.458. The Morgan fingerprint density at radius 1 is 1.10 bits per heavy atom. The maximum absolute atomic E-state index is 9.68. The first-order chi connectivity index (χ1) is 14.7. The van der Waals surface area contributed by atoms with Crippen LogP contribution in [0.25, 0.3) is 10.9 Å². The number of hydrogen-bond donors (Lipinski definition) is 0. The summed E-state index contributed by atoms with van der Waals surface area (Å²) in [6, 6.07) is 11.0. The van der Waals surface area contributed by atoms with Gasteiger partial charge in [-0.25, -0.2) is 9.67 Å². The van der Waals surface area contributed by atoms with Gasteiger partial charge in [-0.05, 0) is 48.4 Å². The SMILES string of the molecule is Cc1ccc2nc(N3CCN(Cc4nnnn4C4CCCC4)CC3)c(C#N)cc2c1. The van der Waals surface area contributed by atoms with E-state index in [0.717, 1.165) is 55.3 Å². The largest absolute Gasteiger partial charge is 0.353 e. The van der Waals surface area contributed by atoms with Gasteiger partial charge < -0.3 is 4.90 Å². The molecule has 0 amide bonds. The molecule has 1 saturated carbocycles. The van der Waals surface area contributed by atoms with Crippen molar-refractivity contribution in [1.29, 1.82) is 5.26 Å². The van der Waals surface area contributed by atoms with Gasteiger partial charge in [0.25, 0.3) is 0 Å². The van der Waals surface area contributed by atoms with Crippen LogP contribution in [0.5, 0.6) is 0 Å². The molecule has 2 fully saturated rings. The first-order valence-corrected chi connectivity index (χ1v) is 10.8. The molecule has 154 valence electrons. The number of pyridine rings is 1. The zero-order valence-electron chi connectivity index (χ0n) is 17.3. The van der Waals surface area contributed by atoms with E-state index >= 15 is 0 Å². The summed E-state index contributed by atoms with van der Waals surface area (Å²) in [6.07, 6.45) is 4.89. The normalized spacial score (nSPS) is 18.2. The van der Waals surface area contributed by atoms with E-state index in [2.05, 4.69) is 50.5 Å². The zero-order chi connectivity index (χ0) is 20.5. The van der Waals surface area contributed by atoms with Gasteiger partial charge in [-0.1, -0.05) is 24.5 Å². The lowest BCUT2D eigenvalue weighted by atomic mass is 10.1. The molecule has 2 aromatic heterocycles. The average Bonchev–Trinajstić information content (AvgIpc) is 3.45. The fourth-order valence-electron chi connectivity index (χ4n) is 4.68. The summed E-state index contributed by atoms with van der Waals surface area (Å²) in [5, 5.41) is 23.2. The van der Waals surface area contributed by atoms with E-state index in [1.54, 1.807) is 0 Å².